The van der Waals surface area contributed by atoms with Crippen molar-refractivity contribution in [1.82, 2.24) is 24.3 Å². The molecule has 0 fully saturated rings. The average Bonchev–Trinajstić information content (AvgIpc) is 3.53. The van der Waals surface area contributed by atoms with Gasteiger partial charge in [0, 0.05) is 47.9 Å². The number of ether oxygens (including phenoxy) is 1. The Morgan fingerprint density at radius 1 is 1.05 bits per heavy atom. The summed E-state index contributed by atoms with van der Waals surface area (Å²) < 4.78 is 9.89. The number of benzene rings is 2. The van der Waals surface area contributed by atoms with Gasteiger partial charge in [-0.05, 0) is 90.9 Å². The van der Waals surface area contributed by atoms with E-state index < -0.39 is 5.97 Å². The Hall–Kier alpha value is -4.98. The number of aliphatic carboxylic acids is 1. The lowest BCUT2D eigenvalue weighted by molar-refractivity contribution is -0.136. The average molecular weight is 558 g/mol. The Labute approximate surface area is 243 Å². The van der Waals surface area contributed by atoms with E-state index in [1.807, 2.05) is 50.2 Å². The topological polar surface area (TPSA) is 95.1 Å². The van der Waals surface area contributed by atoms with Gasteiger partial charge in [0.1, 0.15) is 11.4 Å². The number of rotatable bonds is 5. The largest absolute Gasteiger partial charge is 0.493 e. The number of hydrogen-bond acceptors (Lipinski definition) is 5. The van der Waals surface area contributed by atoms with Crippen molar-refractivity contribution in [3.8, 4) is 39.4 Å². The van der Waals surface area contributed by atoms with Crippen LogP contribution < -0.4 is 4.74 Å². The van der Waals surface area contributed by atoms with Gasteiger partial charge in [-0.3, -0.25) is 14.5 Å². The summed E-state index contributed by atoms with van der Waals surface area (Å²) in [5.74, 6) is 0.0480. The number of aryl methyl sites for hydroxylation is 3. The first-order valence-electron chi connectivity index (χ1n) is 14.1. The van der Waals surface area contributed by atoms with Gasteiger partial charge in [0.2, 0.25) is 0 Å². The highest BCUT2D eigenvalue weighted by Gasteiger charge is 2.24. The molecule has 210 valence electrons. The number of carboxylic acids is 1. The Morgan fingerprint density at radius 3 is 2.74 bits per heavy atom. The number of fused-ring (bicyclic) bond motifs is 3. The molecule has 0 amide bonds. The minimum absolute atomic E-state index is 0.0996. The zero-order valence-corrected chi connectivity index (χ0v) is 24.1. The van der Waals surface area contributed by atoms with Crippen LogP contribution in [-0.2, 0) is 31.7 Å². The van der Waals surface area contributed by atoms with Crippen LogP contribution in [0.5, 0.6) is 5.75 Å². The molecule has 8 heteroatoms. The molecule has 0 aliphatic carbocycles. The molecule has 0 spiro atoms. The normalized spacial score (nSPS) is 13.0. The second kappa shape index (κ2) is 9.83. The number of aromatic nitrogens is 5. The predicted octanol–water partition coefficient (Wildman–Crippen LogP) is 6.42. The highest BCUT2D eigenvalue weighted by atomic mass is 16.5. The van der Waals surface area contributed by atoms with Crippen molar-refractivity contribution in [3.05, 3.63) is 83.3 Å². The van der Waals surface area contributed by atoms with Crippen molar-refractivity contribution in [1.29, 1.82) is 0 Å². The van der Waals surface area contributed by atoms with E-state index in [0.717, 1.165) is 97.6 Å². The molecule has 0 bridgehead atoms. The van der Waals surface area contributed by atoms with Gasteiger partial charge >= 0.3 is 5.97 Å². The molecule has 1 aliphatic rings. The summed E-state index contributed by atoms with van der Waals surface area (Å²) in [5, 5.41) is 16.2. The first-order chi connectivity index (χ1) is 20.3. The maximum absolute atomic E-state index is 12.0. The van der Waals surface area contributed by atoms with Crippen molar-refractivity contribution in [2.45, 2.75) is 33.1 Å². The molecule has 2 aromatic carbocycles. The SMILES string of the molecule is Cc1nc2c(cc(-c3ccnc(-c4ccc5c(cnn5C)c4)c3)n2C)c(-c2ccc3c(c2C)CCCO3)c1CC(=O)O. The number of hydrogen-bond donors (Lipinski definition) is 1. The zero-order valence-electron chi connectivity index (χ0n) is 24.1. The molecule has 7 rings (SSSR count). The summed E-state index contributed by atoms with van der Waals surface area (Å²) in [6, 6.07) is 16.6. The molecule has 6 aromatic rings. The van der Waals surface area contributed by atoms with Crippen LogP contribution >= 0.6 is 0 Å². The summed E-state index contributed by atoms with van der Waals surface area (Å²) in [5.41, 5.74) is 11.5. The Balaban J connectivity index is 1.43. The maximum atomic E-state index is 12.0. The summed E-state index contributed by atoms with van der Waals surface area (Å²) in [6.07, 6.45) is 5.51. The van der Waals surface area contributed by atoms with Gasteiger partial charge < -0.3 is 14.4 Å². The lowest BCUT2D eigenvalue weighted by Crippen LogP contribution is -2.11. The van der Waals surface area contributed by atoms with Gasteiger partial charge in [0.15, 0.2) is 0 Å². The van der Waals surface area contributed by atoms with Gasteiger partial charge in [-0.15, -0.1) is 0 Å². The maximum Gasteiger partial charge on any atom is 0.307 e. The van der Waals surface area contributed by atoms with E-state index in [-0.39, 0.29) is 6.42 Å². The van der Waals surface area contributed by atoms with Crippen molar-refractivity contribution in [2.75, 3.05) is 6.61 Å². The third-order valence-corrected chi connectivity index (χ3v) is 8.56. The van der Waals surface area contributed by atoms with Gasteiger partial charge in [0.05, 0.1) is 36.1 Å². The molecule has 0 radical (unpaired) electrons. The summed E-state index contributed by atoms with van der Waals surface area (Å²) in [4.78, 5) is 21.7. The van der Waals surface area contributed by atoms with E-state index in [0.29, 0.717) is 0 Å². The van der Waals surface area contributed by atoms with Crippen LogP contribution in [0.1, 0.15) is 28.8 Å². The predicted molar refractivity (Wildman–Crippen MR) is 164 cm³/mol. The van der Waals surface area contributed by atoms with Crippen molar-refractivity contribution >= 4 is 27.9 Å². The van der Waals surface area contributed by atoms with Crippen LogP contribution in [0.4, 0.5) is 0 Å². The number of pyridine rings is 2. The van der Waals surface area contributed by atoms with Crippen LogP contribution in [0.25, 0.3) is 55.6 Å². The number of nitrogens with zero attached hydrogens (tertiary/aromatic N) is 5. The molecule has 0 unspecified atom stereocenters. The Kier molecular flexibility index (Phi) is 6.08. The van der Waals surface area contributed by atoms with E-state index in [4.69, 9.17) is 9.72 Å². The Bertz CT molecular complexity index is 2050. The fraction of sp³-hybridized carbons (Fsp3) is 0.235. The standard InChI is InChI=1S/C34H31N5O3/c1-19-24-6-5-13-42-31(24)10-8-25(19)33-26(17-32(40)41)20(2)37-34-27(33)16-30(38(34)3)22-11-12-35-28(15-22)21-7-9-29-23(14-21)18-36-39(29)4/h7-12,14-16,18H,5-6,13,17H2,1-4H3,(H,40,41). The third-order valence-electron chi connectivity index (χ3n) is 8.56. The minimum atomic E-state index is -0.875. The smallest absolute Gasteiger partial charge is 0.307 e. The van der Waals surface area contributed by atoms with Crippen molar-refractivity contribution in [3.63, 3.8) is 0 Å². The lowest BCUT2D eigenvalue weighted by atomic mass is 9.88. The van der Waals surface area contributed by atoms with Crippen LogP contribution in [0, 0.1) is 13.8 Å². The molecule has 0 saturated carbocycles. The van der Waals surface area contributed by atoms with E-state index >= 15 is 0 Å². The fourth-order valence-corrected chi connectivity index (χ4v) is 6.38. The first-order valence-corrected chi connectivity index (χ1v) is 14.1. The van der Waals surface area contributed by atoms with Crippen LogP contribution in [0.15, 0.2) is 60.9 Å². The second-order valence-corrected chi connectivity index (χ2v) is 11.1. The number of carbonyl (C=O) groups is 1. The molecule has 0 atom stereocenters. The molecular formula is C34H31N5O3. The minimum Gasteiger partial charge on any atom is -0.493 e. The molecule has 0 saturated heterocycles. The van der Waals surface area contributed by atoms with E-state index in [1.54, 1.807) is 0 Å². The fourth-order valence-electron chi connectivity index (χ4n) is 6.38. The molecule has 5 heterocycles. The van der Waals surface area contributed by atoms with E-state index in [2.05, 4.69) is 58.0 Å². The van der Waals surface area contributed by atoms with Crippen LogP contribution in [-0.4, -0.2) is 42.0 Å². The molecule has 1 N–H and O–H groups in total. The Morgan fingerprint density at radius 2 is 1.90 bits per heavy atom. The van der Waals surface area contributed by atoms with Gasteiger partial charge in [-0.1, -0.05) is 12.1 Å². The first kappa shape index (κ1) is 26.0. The number of carboxylic acid groups (broad SMARTS) is 1. The van der Waals surface area contributed by atoms with Gasteiger partial charge in [-0.25, -0.2) is 4.98 Å². The lowest BCUT2D eigenvalue weighted by Gasteiger charge is -2.23. The van der Waals surface area contributed by atoms with Gasteiger partial charge in [0.25, 0.3) is 0 Å². The monoisotopic (exact) mass is 557 g/mol. The van der Waals surface area contributed by atoms with Crippen molar-refractivity contribution in [2.24, 2.45) is 14.1 Å². The summed E-state index contributed by atoms with van der Waals surface area (Å²) in [7, 11) is 3.95. The summed E-state index contributed by atoms with van der Waals surface area (Å²) >= 11 is 0. The highest BCUT2D eigenvalue weighted by molar-refractivity contribution is 6.01. The summed E-state index contributed by atoms with van der Waals surface area (Å²) in [6.45, 7) is 4.75. The van der Waals surface area contributed by atoms with Gasteiger partial charge in [-0.2, -0.15) is 5.10 Å². The second-order valence-electron chi connectivity index (χ2n) is 11.1. The third kappa shape index (κ3) is 4.13. The highest BCUT2D eigenvalue weighted by Crippen LogP contribution is 2.42. The molecule has 1 aliphatic heterocycles. The quantitative estimate of drug-likeness (QED) is 0.263. The van der Waals surface area contributed by atoms with Crippen LogP contribution in [0.2, 0.25) is 0 Å². The molecular weight excluding hydrogens is 526 g/mol. The molecule has 42 heavy (non-hydrogen) atoms. The van der Waals surface area contributed by atoms with E-state index in [9.17, 15) is 9.90 Å². The van der Waals surface area contributed by atoms with E-state index in [1.165, 1.54) is 5.56 Å². The van der Waals surface area contributed by atoms with Crippen molar-refractivity contribution < 1.29 is 14.6 Å². The molecule has 4 aromatic heterocycles. The zero-order chi connectivity index (χ0) is 29.1. The molecule has 8 nitrogen and oxygen atoms in total. The van der Waals surface area contributed by atoms with Crippen LogP contribution in [0.3, 0.4) is 0 Å².